The van der Waals surface area contributed by atoms with Crippen LogP contribution in [0.25, 0.3) is 0 Å². The average Bonchev–Trinajstić information content (AvgIpc) is 3.17. The highest BCUT2D eigenvalue weighted by Crippen LogP contribution is 2.38. The predicted molar refractivity (Wildman–Crippen MR) is 73.5 cm³/mol. The molecule has 1 aromatic carbocycles. The zero-order chi connectivity index (χ0) is 12.7. The van der Waals surface area contributed by atoms with Gasteiger partial charge in [-0.3, -0.25) is 0 Å². The van der Waals surface area contributed by atoms with Gasteiger partial charge in [-0.2, -0.15) is 0 Å². The molecule has 2 aliphatic carbocycles. The summed E-state index contributed by atoms with van der Waals surface area (Å²) in [7, 11) is 0. The van der Waals surface area contributed by atoms with Crippen LogP contribution in [0.1, 0.15) is 25.7 Å². The van der Waals surface area contributed by atoms with Gasteiger partial charge in [-0.1, -0.05) is 11.6 Å². The standard InChI is InChI=1S/C14H18ClFN2/c15-11-5-13(17)14(6-12(11)16)18(7-9-1-2-9)8-10-3-4-10/h5-6,9-10H,1-4,7-8,17H2. The summed E-state index contributed by atoms with van der Waals surface area (Å²) in [5, 5.41) is 0.106. The van der Waals surface area contributed by atoms with Crippen molar-refractivity contribution in [2.75, 3.05) is 23.7 Å². The van der Waals surface area contributed by atoms with Gasteiger partial charge in [0, 0.05) is 19.2 Å². The van der Waals surface area contributed by atoms with Crippen molar-refractivity contribution >= 4 is 23.0 Å². The number of nitrogens with two attached hydrogens (primary N) is 1. The summed E-state index contributed by atoms with van der Waals surface area (Å²) in [6.45, 7) is 2.00. The molecule has 0 unspecified atom stereocenters. The van der Waals surface area contributed by atoms with E-state index in [1.165, 1.54) is 37.8 Å². The Morgan fingerprint density at radius 1 is 1.17 bits per heavy atom. The highest BCUT2D eigenvalue weighted by Gasteiger charge is 2.30. The molecule has 0 amide bonds. The van der Waals surface area contributed by atoms with Gasteiger partial charge >= 0.3 is 0 Å². The maximum absolute atomic E-state index is 13.6. The van der Waals surface area contributed by atoms with Crippen molar-refractivity contribution in [2.45, 2.75) is 25.7 Å². The minimum absolute atomic E-state index is 0.106. The second-order valence-corrected chi connectivity index (χ2v) is 6.02. The Kier molecular flexibility index (Phi) is 3.10. The minimum Gasteiger partial charge on any atom is -0.397 e. The number of hydrogen-bond acceptors (Lipinski definition) is 2. The highest BCUT2D eigenvalue weighted by molar-refractivity contribution is 6.31. The molecule has 18 heavy (non-hydrogen) atoms. The van der Waals surface area contributed by atoms with Crippen molar-refractivity contribution in [3.05, 3.63) is 23.0 Å². The number of benzene rings is 1. The topological polar surface area (TPSA) is 29.3 Å². The van der Waals surface area contributed by atoms with E-state index in [1.54, 1.807) is 0 Å². The van der Waals surface area contributed by atoms with Gasteiger partial charge in [-0.15, -0.1) is 0 Å². The molecule has 0 aromatic heterocycles. The van der Waals surface area contributed by atoms with Gasteiger partial charge in [-0.05, 0) is 43.6 Å². The van der Waals surface area contributed by atoms with Crippen LogP contribution in [0.4, 0.5) is 15.8 Å². The summed E-state index contributed by atoms with van der Waals surface area (Å²) in [5.74, 6) is 1.15. The van der Waals surface area contributed by atoms with Crippen LogP contribution in [0.3, 0.4) is 0 Å². The summed E-state index contributed by atoms with van der Waals surface area (Å²) in [5.41, 5.74) is 7.39. The van der Waals surface area contributed by atoms with E-state index < -0.39 is 0 Å². The minimum atomic E-state index is -0.377. The molecule has 2 N–H and O–H groups in total. The number of nitrogen functional groups attached to an aromatic ring is 1. The molecular weight excluding hydrogens is 251 g/mol. The van der Waals surface area contributed by atoms with E-state index in [0.29, 0.717) is 5.69 Å². The second-order valence-electron chi connectivity index (χ2n) is 5.62. The van der Waals surface area contributed by atoms with Crippen LogP contribution in [-0.4, -0.2) is 13.1 Å². The lowest BCUT2D eigenvalue weighted by Crippen LogP contribution is -2.29. The molecule has 98 valence electrons. The molecule has 1 aromatic rings. The summed E-state index contributed by atoms with van der Waals surface area (Å²) in [6, 6.07) is 3.02. The van der Waals surface area contributed by atoms with Crippen molar-refractivity contribution < 1.29 is 4.39 Å². The lowest BCUT2D eigenvalue weighted by molar-refractivity contribution is 0.623. The lowest BCUT2D eigenvalue weighted by atomic mass is 10.2. The second kappa shape index (κ2) is 4.61. The largest absolute Gasteiger partial charge is 0.397 e. The monoisotopic (exact) mass is 268 g/mol. The van der Waals surface area contributed by atoms with Crippen LogP contribution in [0.2, 0.25) is 5.02 Å². The first kappa shape index (κ1) is 12.1. The third-order valence-electron chi connectivity index (χ3n) is 3.76. The van der Waals surface area contributed by atoms with Gasteiger partial charge in [0.2, 0.25) is 0 Å². The number of rotatable bonds is 5. The number of halogens is 2. The maximum atomic E-state index is 13.6. The van der Waals surface area contributed by atoms with E-state index in [0.717, 1.165) is 30.6 Å². The molecule has 3 rings (SSSR count). The fraction of sp³-hybridized carbons (Fsp3) is 0.571. The van der Waals surface area contributed by atoms with Crippen LogP contribution in [0.5, 0.6) is 0 Å². The molecule has 0 bridgehead atoms. The number of hydrogen-bond donors (Lipinski definition) is 1. The number of nitrogens with zero attached hydrogens (tertiary/aromatic N) is 1. The first-order chi connectivity index (χ1) is 8.63. The van der Waals surface area contributed by atoms with Crippen molar-refractivity contribution in [2.24, 2.45) is 11.8 Å². The molecular formula is C14H18ClFN2. The van der Waals surface area contributed by atoms with Crippen molar-refractivity contribution in [3.8, 4) is 0 Å². The van der Waals surface area contributed by atoms with Crippen molar-refractivity contribution in [1.82, 2.24) is 0 Å². The van der Waals surface area contributed by atoms with Crippen LogP contribution in [0, 0.1) is 17.7 Å². The molecule has 0 radical (unpaired) electrons. The fourth-order valence-electron chi connectivity index (χ4n) is 2.32. The molecule has 2 saturated carbocycles. The molecule has 0 atom stereocenters. The Morgan fingerprint density at radius 2 is 1.72 bits per heavy atom. The van der Waals surface area contributed by atoms with Crippen molar-refractivity contribution in [1.29, 1.82) is 0 Å². The van der Waals surface area contributed by atoms with Gasteiger partial charge in [0.15, 0.2) is 0 Å². The van der Waals surface area contributed by atoms with E-state index >= 15 is 0 Å². The molecule has 0 heterocycles. The Labute approximate surface area is 112 Å². The van der Waals surface area contributed by atoms with Gasteiger partial charge < -0.3 is 10.6 Å². The smallest absolute Gasteiger partial charge is 0.144 e. The van der Waals surface area contributed by atoms with E-state index in [4.69, 9.17) is 17.3 Å². The van der Waals surface area contributed by atoms with Gasteiger partial charge in [0.1, 0.15) is 5.82 Å². The van der Waals surface area contributed by atoms with E-state index in [1.807, 2.05) is 0 Å². The van der Waals surface area contributed by atoms with Crippen molar-refractivity contribution in [3.63, 3.8) is 0 Å². The summed E-state index contributed by atoms with van der Waals surface area (Å²) in [6.07, 6.45) is 5.16. The fourth-order valence-corrected chi connectivity index (χ4v) is 2.49. The van der Waals surface area contributed by atoms with Crippen LogP contribution in [0.15, 0.2) is 12.1 Å². The molecule has 2 nitrogen and oxygen atoms in total. The molecule has 4 heteroatoms. The molecule has 2 aliphatic rings. The zero-order valence-corrected chi connectivity index (χ0v) is 11.1. The summed E-state index contributed by atoms with van der Waals surface area (Å²) < 4.78 is 13.6. The van der Waals surface area contributed by atoms with Crippen LogP contribution < -0.4 is 10.6 Å². The summed E-state index contributed by atoms with van der Waals surface area (Å²) in [4.78, 5) is 2.25. The van der Waals surface area contributed by atoms with E-state index in [2.05, 4.69) is 4.90 Å². The van der Waals surface area contributed by atoms with Gasteiger partial charge in [-0.25, -0.2) is 4.39 Å². The predicted octanol–water partition coefficient (Wildman–Crippen LogP) is 3.69. The lowest BCUT2D eigenvalue weighted by Gasteiger charge is -2.26. The highest BCUT2D eigenvalue weighted by atomic mass is 35.5. The van der Waals surface area contributed by atoms with Crippen LogP contribution >= 0.6 is 11.6 Å². The first-order valence-electron chi connectivity index (χ1n) is 6.63. The van der Waals surface area contributed by atoms with E-state index in [9.17, 15) is 4.39 Å². The SMILES string of the molecule is Nc1cc(Cl)c(F)cc1N(CC1CC1)CC1CC1. The Balaban J connectivity index is 1.84. The Morgan fingerprint density at radius 3 is 2.22 bits per heavy atom. The van der Waals surface area contributed by atoms with Gasteiger partial charge in [0.05, 0.1) is 16.4 Å². The average molecular weight is 269 g/mol. The Hall–Kier alpha value is -0.960. The first-order valence-corrected chi connectivity index (χ1v) is 7.00. The molecule has 0 aliphatic heterocycles. The third-order valence-corrected chi connectivity index (χ3v) is 4.05. The normalized spacial score (nSPS) is 19.0. The van der Waals surface area contributed by atoms with Crippen LogP contribution in [-0.2, 0) is 0 Å². The third kappa shape index (κ3) is 2.72. The number of anilines is 2. The van der Waals surface area contributed by atoms with E-state index in [-0.39, 0.29) is 10.8 Å². The quantitative estimate of drug-likeness (QED) is 0.826. The molecule has 2 fully saturated rings. The van der Waals surface area contributed by atoms with Gasteiger partial charge in [0.25, 0.3) is 0 Å². The molecule has 0 saturated heterocycles. The zero-order valence-electron chi connectivity index (χ0n) is 10.3. The molecule has 0 spiro atoms. The maximum Gasteiger partial charge on any atom is 0.144 e. The Bertz CT molecular complexity index is 441. The summed E-state index contributed by atoms with van der Waals surface area (Å²) >= 11 is 5.75.